The first kappa shape index (κ1) is 31.8. The molecular formula is C41H35N3O4. The van der Waals surface area contributed by atoms with Gasteiger partial charge in [-0.25, -0.2) is 9.59 Å². The number of ketones is 1. The highest BCUT2D eigenvalue weighted by molar-refractivity contribution is 6.12. The minimum atomic E-state index is -0.985. The number of amides is 2. The standard InChI is InChI=1S/C41H35N3O4/c1-43(41(48)42-34-24-23-29-11-6-7-14-32(29)26-34)35-16-10-15-33(27-35)30-21-19-28(20-22-30)25-38(40(46)47)44(2)37-18-9-8-17-36(37)39(45)31-12-4-3-5-13-31/h3-24,26-27,38H,25H2,1-2H3,(H,42,48)(H,46,47)/t38-/m0/s1. The summed E-state index contributed by atoms with van der Waals surface area (Å²) in [6.07, 6.45) is 0.234. The van der Waals surface area contributed by atoms with E-state index in [9.17, 15) is 19.5 Å². The highest BCUT2D eigenvalue weighted by Crippen LogP contribution is 2.28. The lowest BCUT2D eigenvalue weighted by molar-refractivity contribution is -0.138. The first-order valence-corrected chi connectivity index (χ1v) is 15.7. The van der Waals surface area contributed by atoms with Crippen LogP contribution in [0.2, 0.25) is 0 Å². The van der Waals surface area contributed by atoms with Crippen LogP contribution in [0.4, 0.5) is 21.9 Å². The van der Waals surface area contributed by atoms with Gasteiger partial charge in [-0.1, -0.05) is 109 Å². The van der Waals surface area contributed by atoms with Gasteiger partial charge in [-0.2, -0.15) is 0 Å². The van der Waals surface area contributed by atoms with Crippen molar-refractivity contribution in [3.63, 3.8) is 0 Å². The topological polar surface area (TPSA) is 89.9 Å². The highest BCUT2D eigenvalue weighted by Gasteiger charge is 2.26. The molecule has 6 rings (SSSR count). The summed E-state index contributed by atoms with van der Waals surface area (Å²) in [6, 6.07) is 44.2. The maximum absolute atomic E-state index is 13.3. The van der Waals surface area contributed by atoms with E-state index in [1.54, 1.807) is 60.3 Å². The molecule has 0 saturated carbocycles. The van der Waals surface area contributed by atoms with Crippen LogP contribution >= 0.6 is 0 Å². The number of carboxylic acids is 1. The fourth-order valence-electron chi connectivity index (χ4n) is 5.82. The number of benzene rings is 6. The number of fused-ring (bicyclic) bond motifs is 1. The third kappa shape index (κ3) is 6.95. The number of hydrogen-bond acceptors (Lipinski definition) is 4. The molecule has 2 amide bonds. The van der Waals surface area contributed by atoms with Crippen molar-refractivity contribution < 1.29 is 19.5 Å². The molecule has 7 heteroatoms. The maximum Gasteiger partial charge on any atom is 0.326 e. The molecule has 0 heterocycles. The smallest absolute Gasteiger partial charge is 0.326 e. The number of nitrogens with one attached hydrogen (secondary N) is 1. The lowest BCUT2D eigenvalue weighted by atomic mass is 9.97. The molecule has 0 radical (unpaired) electrons. The van der Waals surface area contributed by atoms with Gasteiger partial charge >= 0.3 is 12.0 Å². The molecular weight excluding hydrogens is 598 g/mol. The fourth-order valence-corrected chi connectivity index (χ4v) is 5.82. The lowest BCUT2D eigenvalue weighted by Crippen LogP contribution is -2.41. The molecule has 0 fully saturated rings. The summed E-state index contributed by atoms with van der Waals surface area (Å²) < 4.78 is 0. The quantitative estimate of drug-likeness (QED) is 0.148. The van der Waals surface area contributed by atoms with Gasteiger partial charge in [0.05, 0.1) is 0 Å². The Morgan fingerprint density at radius 2 is 1.35 bits per heavy atom. The molecule has 238 valence electrons. The molecule has 48 heavy (non-hydrogen) atoms. The van der Waals surface area contributed by atoms with Crippen molar-refractivity contribution in [2.45, 2.75) is 12.5 Å². The van der Waals surface area contributed by atoms with Crippen molar-refractivity contribution in [2.24, 2.45) is 0 Å². The number of carboxylic acid groups (broad SMARTS) is 1. The van der Waals surface area contributed by atoms with Gasteiger partial charge in [-0.15, -0.1) is 0 Å². The Labute approximate surface area is 279 Å². The molecule has 0 saturated heterocycles. The SMILES string of the molecule is CN(C(=O)Nc1ccc2ccccc2c1)c1cccc(-c2ccc(C[C@@H](C(=O)O)N(C)c3ccccc3C(=O)c3ccccc3)cc2)c1. The second-order valence-corrected chi connectivity index (χ2v) is 11.7. The number of carbonyl (C=O) groups excluding carboxylic acids is 2. The number of likely N-dealkylation sites (N-methyl/N-ethyl adjacent to an activating group) is 1. The summed E-state index contributed by atoms with van der Waals surface area (Å²) in [5, 5.41) is 15.4. The summed E-state index contributed by atoms with van der Waals surface area (Å²) in [4.78, 5) is 42.2. The third-order valence-corrected chi connectivity index (χ3v) is 8.57. The van der Waals surface area contributed by atoms with Crippen LogP contribution in [0.25, 0.3) is 21.9 Å². The average Bonchev–Trinajstić information content (AvgIpc) is 3.13. The van der Waals surface area contributed by atoms with Crippen molar-refractivity contribution in [1.82, 2.24) is 0 Å². The Kier molecular flexibility index (Phi) is 9.30. The maximum atomic E-state index is 13.3. The van der Waals surface area contributed by atoms with Crippen LogP contribution in [0.5, 0.6) is 0 Å². The number of nitrogens with zero attached hydrogens (tertiary/aromatic N) is 2. The van der Waals surface area contributed by atoms with Gasteiger partial charge in [0.15, 0.2) is 5.78 Å². The van der Waals surface area contributed by atoms with E-state index in [0.29, 0.717) is 22.5 Å². The molecule has 0 aliphatic rings. The van der Waals surface area contributed by atoms with Crippen LogP contribution in [-0.2, 0) is 11.2 Å². The Hall–Kier alpha value is -6.21. The minimum Gasteiger partial charge on any atom is -0.480 e. The molecule has 0 aromatic heterocycles. The summed E-state index contributed by atoms with van der Waals surface area (Å²) in [5.41, 5.74) is 5.69. The first-order valence-electron chi connectivity index (χ1n) is 15.7. The summed E-state index contributed by atoms with van der Waals surface area (Å²) >= 11 is 0. The van der Waals surface area contributed by atoms with Crippen LogP contribution in [0.1, 0.15) is 21.5 Å². The van der Waals surface area contributed by atoms with E-state index in [1.807, 2.05) is 109 Å². The average molecular weight is 634 g/mol. The summed E-state index contributed by atoms with van der Waals surface area (Å²) in [5.74, 6) is -1.15. The van der Waals surface area contributed by atoms with Gasteiger partial charge in [-0.05, 0) is 63.9 Å². The largest absolute Gasteiger partial charge is 0.480 e. The van der Waals surface area contributed by atoms with Crippen LogP contribution in [0.15, 0.2) is 146 Å². The number of rotatable bonds is 10. The van der Waals surface area contributed by atoms with E-state index < -0.39 is 12.0 Å². The van der Waals surface area contributed by atoms with Gasteiger partial charge in [0.25, 0.3) is 0 Å². The number of para-hydroxylation sites is 1. The normalized spacial score (nSPS) is 11.5. The number of hydrogen-bond donors (Lipinski definition) is 2. The fraction of sp³-hybridized carbons (Fsp3) is 0.0976. The zero-order valence-electron chi connectivity index (χ0n) is 26.7. The summed E-state index contributed by atoms with van der Waals surface area (Å²) in [7, 11) is 3.44. The van der Waals surface area contributed by atoms with Crippen molar-refractivity contribution in [3.8, 4) is 11.1 Å². The van der Waals surface area contributed by atoms with E-state index >= 15 is 0 Å². The van der Waals surface area contributed by atoms with Crippen LogP contribution < -0.4 is 15.1 Å². The molecule has 6 aromatic carbocycles. The first-order chi connectivity index (χ1) is 23.3. The van der Waals surface area contributed by atoms with E-state index in [1.165, 1.54) is 0 Å². The van der Waals surface area contributed by atoms with Gasteiger partial charge in [-0.3, -0.25) is 9.69 Å². The van der Waals surface area contributed by atoms with E-state index in [4.69, 9.17) is 0 Å². The monoisotopic (exact) mass is 633 g/mol. The second kappa shape index (κ2) is 14.1. The molecule has 6 aromatic rings. The Morgan fingerprint density at radius 1 is 0.667 bits per heavy atom. The van der Waals surface area contributed by atoms with Gasteiger partial charge in [0, 0.05) is 48.7 Å². The zero-order valence-corrected chi connectivity index (χ0v) is 26.7. The Bertz CT molecular complexity index is 2090. The predicted molar refractivity (Wildman–Crippen MR) is 193 cm³/mol. The third-order valence-electron chi connectivity index (χ3n) is 8.57. The van der Waals surface area contributed by atoms with E-state index in [2.05, 4.69) is 5.32 Å². The molecule has 0 unspecified atom stereocenters. The van der Waals surface area contributed by atoms with Crippen molar-refractivity contribution in [3.05, 3.63) is 162 Å². The van der Waals surface area contributed by atoms with Crippen LogP contribution in [-0.4, -0.2) is 43.0 Å². The lowest BCUT2D eigenvalue weighted by Gasteiger charge is -2.28. The van der Waals surface area contributed by atoms with E-state index in [0.717, 1.165) is 33.2 Å². The van der Waals surface area contributed by atoms with Gasteiger partial charge in [0.2, 0.25) is 0 Å². The van der Waals surface area contributed by atoms with Crippen molar-refractivity contribution in [1.29, 1.82) is 0 Å². The van der Waals surface area contributed by atoms with Crippen molar-refractivity contribution in [2.75, 3.05) is 29.2 Å². The number of urea groups is 1. The number of anilines is 3. The Morgan fingerprint density at radius 3 is 2.10 bits per heavy atom. The zero-order chi connectivity index (χ0) is 33.6. The predicted octanol–water partition coefficient (Wildman–Crippen LogP) is 8.54. The molecule has 0 spiro atoms. The van der Waals surface area contributed by atoms with Gasteiger partial charge in [0.1, 0.15) is 6.04 Å². The molecule has 0 bridgehead atoms. The van der Waals surface area contributed by atoms with Gasteiger partial charge < -0.3 is 15.3 Å². The molecule has 0 aliphatic carbocycles. The number of carbonyl (C=O) groups is 3. The van der Waals surface area contributed by atoms with E-state index in [-0.39, 0.29) is 18.2 Å². The van der Waals surface area contributed by atoms with Crippen LogP contribution in [0.3, 0.4) is 0 Å². The summed E-state index contributed by atoms with van der Waals surface area (Å²) in [6.45, 7) is 0. The van der Waals surface area contributed by atoms with Crippen LogP contribution in [0, 0.1) is 0 Å². The minimum absolute atomic E-state index is 0.161. The molecule has 1 atom stereocenters. The Balaban J connectivity index is 1.16. The molecule has 0 aliphatic heterocycles. The highest BCUT2D eigenvalue weighted by atomic mass is 16.4. The van der Waals surface area contributed by atoms with Crippen molar-refractivity contribution >= 4 is 45.6 Å². The molecule has 7 nitrogen and oxygen atoms in total. The molecule has 2 N–H and O–H groups in total. The second-order valence-electron chi connectivity index (χ2n) is 11.7. The number of aliphatic carboxylic acids is 1.